The van der Waals surface area contributed by atoms with Crippen LogP contribution in [0.3, 0.4) is 0 Å². The summed E-state index contributed by atoms with van der Waals surface area (Å²) in [6, 6.07) is 9.91. The second kappa shape index (κ2) is 8.72. The highest BCUT2D eigenvalue weighted by Crippen LogP contribution is 2.21. The first kappa shape index (κ1) is 18.9. The van der Waals surface area contributed by atoms with Gasteiger partial charge >= 0.3 is 0 Å². The maximum absolute atomic E-state index is 12.5. The summed E-state index contributed by atoms with van der Waals surface area (Å²) in [4.78, 5) is 26.1. The van der Waals surface area contributed by atoms with E-state index in [9.17, 15) is 4.79 Å². The zero-order valence-corrected chi connectivity index (χ0v) is 16.5. The van der Waals surface area contributed by atoms with Gasteiger partial charge in [0.2, 0.25) is 0 Å². The zero-order chi connectivity index (χ0) is 20.1. The Kier molecular flexibility index (Phi) is 5.69. The number of aromatic nitrogens is 4. The third kappa shape index (κ3) is 4.21. The van der Waals surface area contributed by atoms with Gasteiger partial charge in [-0.25, -0.2) is 9.97 Å². The van der Waals surface area contributed by atoms with Crippen LogP contribution in [0, 0.1) is 0 Å². The Hall–Kier alpha value is -3.42. The van der Waals surface area contributed by atoms with E-state index >= 15 is 0 Å². The molecule has 3 aromatic heterocycles. The summed E-state index contributed by atoms with van der Waals surface area (Å²) in [6.07, 6.45) is 5.94. The third-order valence-corrected chi connectivity index (χ3v) is 5.18. The standard InChI is InChI=1S/C21H25N7O/c1-2-18-17(15-25-26-18)21(29)24-14-16-6-5-9-23-20(16)28-12-10-27(11-13-28)19-7-3-4-8-22-19/h3-9,15H,2,10-14H2,1H3,(H,24,29)(H,25,26). The van der Waals surface area contributed by atoms with Gasteiger partial charge < -0.3 is 15.1 Å². The van der Waals surface area contributed by atoms with Crippen LogP contribution in [0.2, 0.25) is 0 Å². The Bertz CT molecular complexity index is 948. The molecule has 29 heavy (non-hydrogen) atoms. The quantitative estimate of drug-likeness (QED) is 0.668. The fraction of sp³-hybridized carbons (Fsp3) is 0.333. The van der Waals surface area contributed by atoms with Crippen LogP contribution >= 0.6 is 0 Å². The van der Waals surface area contributed by atoms with Crippen molar-refractivity contribution in [2.75, 3.05) is 36.0 Å². The molecule has 0 saturated carbocycles. The van der Waals surface area contributed by atoms with E-state index in [2.05, 4.69) is 35.3 Å². The van der Waals surface area contributed by atoms with Crippen molar-refractivity contribution in [3.05, 3.63) is 65.7 Å². The van der Waals surface area contributed by atoms with Gasteiger partial charge in [-0.2, -0.15) is 5.10 Å². The van der Waals surface area contributed by atoms with E-state index in [1.165, 1.54) is 0 Å². The number of aromatic amines is 1. The molecule has 0 unspecified atom stereocenters. The highest BCUT2D eigenvalue weighted by Gasteiger charge is 2.21. The van der Waals surface area contributed by atoms with Gasteiger partial charge in [0.15, 0.2) is 0 Å². The van der Waals surface area contributed by atoms with Crippen LogP contribution in [0.25, 0.3) is 0 Å². The average Bonchev–Trinajstić information content (AvgIpc) is 3.27. The van der Waals surface area contributed by atoms with Crippen molar-refractivity contribution in [3.63, 3.8) is 0 Å². The molecule has 4 rings (SSSR count). The van der Waals surface area contributed by atoms with Gasteiger partial charge in [-0.1, -0.05) is 19.1 Å². The van der Waals surface area contributed by atoms with Crippen molar-refractivity contribution in [2.45, 2.75) is 19.9 Å². The van der Waals surface area contributed by atoms with Crippen molar-refractivity contribution < 1.29 is 4.79 Å². The maximum Gasteiger partial charge on any atom is 0.255 e. The topological polar surface area (TPSA) is 90.0 Å². The Morgan fingerprint density at radius 3 is 2.62 bits per heavy atom. The Balaban J connectivity index is 1.40. The molecule has 8 nitrogen and oxygen atoms in total. The van der Waals surface area contributed by atoms with Crippen molar-refractivity contribution in [2.24, 2.45) is 0 Å². The molecule has 0 aliphatic carbocycles. The summed E-state index contributed by atoms with van der Waals surface area (Å²) >= 11 is 0. The van der Waals surface area contributed by atoms with E-state index in [0.29, 0.717) is 12.1 Å². The van der Waals surface area contributed by atoms with Crippen molar-refractivity contribution in [1.82, 2.24) is 25.5 Å². The number of carbonyl (C=O) groups is 1. The number of H-pyrrole nitrogens is 1. The number of aryl methyl sites for hydroxylation is 1. The second-order valence-electron chi connectivity index (χ2n) is 6.95. The summed E-state index contributed by atoms with van der Waals surface area (Å²) in [5.74, 6) is 1.81. The summed E-state index contributed by atoms with van der Waals surface area (Å²) in [5, 5.41) is 9.85. The Morgan fingerprint density at radius 1 is 1.07 bits per heavy atom. The van der Waals surface area contributed by atoms with E-state index in [1.807, 2.05) is 43.5 Å². The van der Waals surface area contributed by atoms with Gasteiger partial charge in [0.05, 0.1) is 11.8 Å². The summed E-state index contributed by atoms with van der Waals surface area (Å²) in [5.41, 5.74) is 2.45. The van der Waals surface area contributed by atoms with E-state index in [-0.39, 0.29) is 5.91 Å². The van der Waals surface area contributed by atoms with Crippen molar-refractivity contribution in [1.29, 1.82) is 0 Å². The molecular weight excluding hydrogens is 366 g/mol. The smallest absolute Gasteiger partial charge is 0.255 e. The van der Waals surface area contributed by atoms with Crippen molar-refractivity contribution in [3.8, 4) is 0 Å². The molecule has 0 bridgehead atoms. The number of nitrogens with zero attached hydrogens (tertiary/aromatic N) is 5. The lowest BCUT2D eigenvalue weighted by atomic mass is 10.2. The summed E-state index contributed by atoms with van der Waals surface area (Å²) in [6.45, 7) is 5.90. The fourth-order valence-electron chi connectivity index (χ4n) is 3.59. The predicted octanol–water partition coefficient (Wildman–Crippen LogP) is 2.02. The highest BCUT2D eigenvalue weighted by molar-refractivity contribution is 5.95. The van der Waals surface area contributed by atoms with Gasteiger partial charge in [-0.05, 0) is 24.6 Å². The predicted molar refractivity (Wildman–Crippen MR) is 112 cm³/mol. The number of pyridine rings is 2. The number of carbonyl (C=O) groups excluding carboxylic acids is 1. The number of hydrogen-bond donors (Lipinski definition) is 2. The largest absolute Gasteiger partial charge is 0.353 e. The van der Waals surface area contributed by atoms with Crippen LogP contribution in [0.15, 0.2) is 48.9 Å². The number of piperazine rings is 1. The van der Waals surface area contributed by atoms with Gasteiger partial charge in [-0.15, -0.1) is 0 Å². The van der Waals surface area contributed by atoms with Crippen molar-refractivity contribution >= 4 is 17.5 Å². The molecule has 8 heteroatoms. The molecule has 1 fully saturated rings. The van der Waals surface area contributed by atoms with Crippen LogP contribution in [-0.4, -0.2) is 52.3 Å². The molecular formula is C21H25N7O. The number of anilines is 2. The SMILES string of the molecule is CCc1[nH]ncc1C(=O)NCc1cccnc1N1CCN(c2ccccn2)CC1. The minimum Gasteiger partial charge on any atom is -0.353 e. The number of rotatable bonds is 6. The lowest BCUT2D eigenvalue weighted by Crippen LogP contribution is -2.47. The molecule has 0 atom stereocenters. The van der Waals surface area contributed by atoms with Crippen LogP contribution in [0.4, 0.5) is 11.6 Å². The lowest BCUT2D eigenvalue weighted by molar-refractivity contribution is 0.0950. The molecule has 0 radical (unpaired) electrons. The first-order chi connectivity index (χ1) is 14.3. The molecule has 4 heterocycles. The summed E-state index contributed by atoms with van der Waals surface area (Å²) < 4.78 is 0. The Labute approximate surface area is 170 Å². The maximum atomic E-state index is 12.5. The molecule has 1 saturated heterocycles. The molecule has 0 aromatic carbocycles. The van der Waals surface area contributed by atoms with E-state index in [1.54, 1.807) is 12.4 Å². The molecule has 2 N–H and O–H groups in total. The number of hydrogen-bond acceptors (Lipinski definition) is 6. The van der Waals surface area contributed by atoms with E-state index in [0.717, 1.165) is 55.5 Å². The Morgan fingerprint density at radius 2 is 1.86 bits per heavy atom. The molecule has 1 aliphatic heterocycles. The molecule has 1 aliphatic rings. The minimum atomic E-state index is -0.120. The lowest BCUT2D eigenvalue weighted by Gasteiger charge is -2.36. The molecule has 3 aromatic rings. The van der Waals surface area contributed by atoms with Crippen LogP contribution in [0.1, 0.15) is 28.5 Å². The zero-order valence-electron chi connectivity index (χ0n) is 16.5. The summed E-state index contributed by atoms with van der Waals surface area (Å²) in [7, 11) is 0. The number of nitrogens with one attached hydrogen (secondary N) is 2. The third-order valence-electron chi connectivity index (χ3n) is 5.18. The second-order valence-corrected chi connectivity index (χ2v) is 6.95. The van der Waals surface area contributed by atoms with E-state index in [4.69, 9.17) is 0 Å². The highest BCUT2D eigenvalue weighted by atomic mass is 16.1. The molecule has 0 spiro atoms. The van der Waals surface area contributed by atoms with Crippen LogP contribution in [0.5, 0.6) is 0 Å². The van der Waals surface area contributed by atoms with E-state index < -0.39 is 0 Å². The van der Waals surface area contributed by atoms with Gasteiger partial charge in [0.1, 0.15) is 11.6 Å². The average molecular weight is 391 g/mol. The minimum absolute atomic E-state index is 0.120. The molecule has 150 valence electrons. The first-order valence-electron chi connectivity index (χ1n) is 9.91. The van der Waals surface area contributed by atoms with Gasteiger partial charge in [0, 0.05) is 56.4 Å². The van der Waals surface area contributed by atoms with Crippen LogP contribution < -0.4 is 15.1 Å². The number of amides is 1. The van der Waals surface area contributed by atoms with Crippen LogP contribution in [-0.2, 0) is 13.0 Å². The normalized spacial score (nSPS) is 14.1. The monoisotopic (exact) mass is 391 g/mol. The van der Waals surface area contributed by atoms with Gasteiger partial charge in [0.25, 0.3) is 5.91 Å². The molecule has 1 amide bonds. The van der Waals surface area contributed by atoms with Gasteiger partial charge in [-0.3, -0.25) is 9.89 Å². The fourth-order valence-corrected chi connectivity index (χ4v) is 3.59. The first-order valence-corrected chi connectivity index (χ1v) is 9.91.